The van der Waals surface area contributed by atoms with Gasteiger partial charge in [0.2, 0.25) is 0 Å². The Labute approximate surface area is 96.0 Å². The van der Waals surface area contributed by atoms with Crippen LogP contribution in [0.15, 0.2) is 24.3 Å². The summed E-state index contributed by atoms with van der Waals surface area (Å²) in [7, 11) is 1.88. The molecule has 0 bridgehead atoms. The van der Waals surface area contributed by atoms with Gasteiger partial charge >= 0.3 is 5.97 Å². The molecule has 0 amide bonds. The molecule has 1 rings (SSSR count). The van der Waals surface area contributed by atoms with Gasteiger partial charge in [0.15, 0.2) is 0 Å². The molecule has 88 valence electrons. The van der Waals surface area contributed by atoms with Crippen molar-refractivity contribution >= 4 is 11.7 Å². The number of hydrogen-bond acceptors (Lipinski definition) is 4. The normalized spacial score (nSPS) is 10.4. The molecule has 0 radical (unpaired) electrons. The van der Waals surface area contributed by atoms with Crippen molar-refractivity contribution in [2.45, 2.75) is 13.5 Å². The second-order valence-electron chi connectivity index (χ2n) is 3.72. The van der Waals surface area contributed by atoms with Crippen molar-refractivity contribution in [2.24, 2.45) is 0 Å². The summed E-state index contributed by atoms with van der Waals surface area (Å²) in [5.41, 5.74) is 7.46. The summed E-state index contributed by atoms with van der Waals surface area (Å²) >= 11 is 0. The van der Waals surface area contributed by atoms with E-state index in [-0.39, 0.29) is 5.97 Å². The van der Waals surface area contributed by atoms with Crippen LogP contribution in [0.4, 0.5) is 5.69 Å². The van der Waals surface area contributed by atoms with Crippen LogP contribution in [-0.4, -0.2) is 31.1 Å². The van der Waals surface area contributed by atoms with Crippen molar-refractivity contribution in [3.63, 3.8) is 0 Å². The zero-order valence-corrected chi connectivity index (χ0v) is 9.77. The molecule has 2 N–H and O–H groups in total. The Balaban J connectivity index is 2.42. The fraction of sp³-hybridized carbons (Fsp3) is 0.417. The van der Waals surface area contributed by atoms with Gasteiger partial charge in [-0.1, -0.05) is 12.1 Å². The average molecular weight is 222 g/mol. The molecule has 0 saturated heterocycles. The van der Waals surface area contributed by atoms with Gasteiger partial charge in [0.25, 0.3) is 0 Å². The number of carbonyl (C=O) groups excluding carboxylic acids is 1. The lowest BCUT2D eigenvalue weighted by Gasteiger charge is -2.15. The third-order valence-electron chi connectivity index (χ3n) is 2.14. The van der Waals surface area contributed by atoms with Crippen LogP contribution in [0.25, 0.3) is 0 Å². The predicted molar refractivity (Wildman–Crippen MR) is 63.8 cm³/mol. The molecule has 0 fully saturated rings. The van der Waals surface area contributed by atoms with E-state index >= 15 is 0 Å². The Morgan fingerprint density at radius 3 is 2.56 bits per heavy atom. The lowest BCUT2D eigenvalue weighted by molar-refractivity contribution is -0.144. The van der Waals surface area contributed by atoms with Gasteiger partial charge in [-0.25, -0.2) is 0 Å². The third-order valence-corrected chi connectivity index (χ3v) is 2.14. The Hall–Kier alpha value is -1.55. The van der Waals surface area contributed by atoms with Gasteiger partial charge in [0.05, 0.1) is 13.2 Å². The van der Waals surface area contributed by atoms with Crippen molar-refractivity contribution in [3.05, 3.63) is 29.8 Å². The van der Waals surface area contributed by atoms with Crippen LogP contribution in [-0.2, 0) is 16.1 Å². The summed E-state index contributed by atoms with van der Waals surface area (Å²) in [5.74, 6) is -0.194. The molecule has 0 saturated carbocycles. The summed E-state index contributed by atoms with van der Waals surface area (Å²) in [4.78, 5) is 13.1. The fourth-order valence-electron chi connectivity index (χ4n) is 1.42. The molecule has 4 heteroatoms. The summed E-state index contributed by atoms with van der Waals surface area (Å²) in [6.07, 6.45) is 0. The fourth-order valence-corrected chi connectivity index (χ4v) is 1.42. The van der Waals surface area contributed by atoms with Crippen LogP contribution in [0.2, 0.25) is 0 Å². The summed E-state index contributed by atoms with van der Waals surface area (Å²) in [5, 5.41) is 0. The van der Waals surface area contributed by atoms with Gasteiger partial charge < -0.3 is 10.5 Å². The number of ether oxygens (including phenoxy) is 1. The minimum absolute atomic E-state index is 0.194. The molecular formula is C12H18N2O2. The standard InChI is InChI=1S/C12H18N2O2/c1-3-16-12(15)9-14(2)8-10-4-6-11(13)7-5-10/h4-7H,3,8-9,13H2,1-2H3. The summed E-state index contributed by atoms with van der Waals surface area (Å²) < 4.78 is 4.87. The quantitative estimate of drug-likeness (QED) is 0.602. The van der Waals surface area contributed by atoms with E-state index in [2.05, 4.69) is 0 Å². The highest BCUT2D eigenvalue weighted by molar-refractivity contribution is 5.71. The zero-order chi connectivity index (χ0) is 12.0. The summed E-state index contributed by atoms with van der Waals surface area (Å²) in [6, 6.07) is 7.62. The van der Waals surface area contributed by atoms with E-state index in [4.69, 9.17) is 10.5 Å². The number of anilines is 1. The van der Waals surface area contributed by atoms with Crippen LogP contribution in [0.3, 0.4) is 0 Å². The molecule has 0 unspecified atom stereocenters. The van der Waals surface area contributed by atoms with Gasteiger partial charge in [0, 0.05) is 12.2 Å². The van der Waals surface area contributed by atoms with Crippen molar-refractivity contribution < 1.29 is 9.53 Å². The number of likely N-dealkylation sites (N-methyl/N-ethyl adjacent to an activating group) is 1. The second-order valence-corrected chi connectivity index (χ2v) is 3.72. The Morgan fingerprint density at radius 2 is 2.00 bits per heavy atom. The number of rotatable bonds is 5. The maximum absolute atomic E-state index is 11.2. The Bertz CT molecular complexity index is 335. The zero-order valence-electron chi connectivity index (χ0n) is 9.77. The van der Waals surface area contributed by atoms with Crippen molar-refractivity contribution in [3.8, 4) is 0 Å². The van der Waals surface area contributed by atoms with E-state index in [0.29, 0.717) is 19.7 Å². The minimum Gasteiger partial charge on any atom is -0.465 e. The number of benzene rings is 1. The number of nitrogens with two attached hydrogens (primary N) is 1. The molecule has 0 aliphatic rings. The largest absolute Gasteiger partial charge is 0.465 e. The highest BCUT2D eigenvalue weighted by Crippen LogP contribution is 2.07. The van der Waals surface area contributed by atoms with Gasteiger partial charge in [0.1, 0.15) is 0 Å². The average Bonchev–Trinajstić information content (AvgIpc) is 2.21. The predicted octanol–water partition coefficient (Wildman–Crippen LogP) is 1.26. The van der Waals surface area contributed by atoms with Crippen LogP contribution >= 0.6 is 0 Å². The minimum atomic E-state index is -0.194. The number of nitrogens with zero attached hydrogens (tertiary/aromatic N) is 1. The monoisotopic (exact) mass is 222 g/mol. The second kappa shape index (κ2) is 6.12. The molecule has 4 nitrogen and oxygen atoms in total. The Kier molecular flexibility index (Phi) is 4.79. The lowest BCUT2D eigenvalue weighted by Crippen LogP contribution is -2.26. The molecule has 0 aliphatic heterocycles. The molecule has 0 atom stereocenters. The van der Waals surface area contributed by atoms with Crippen molar-refractivity contribution in [1.29, 1.82) is 0 Å². The molecule has 0 heterocycles. The van der Waals surface area contributed by atoms with Gasteiger partial charge in [-0.3, -0.25) is 9.69 Å². The molecule has 16 heavy (non-hydrogen) atoms. The molecule has 1 aromatic carbocycles. The van der Waals surface area contributed by atoms with Crippen molar-refractivity contribution in [2.75, 3.05) is 25.9 Å². The first-order valence-corrected chi connectivity index (χ1v) is 5.30. The third kappa shape index (κ3) is 4.31. The van der Waals surface area contributed by atoms with Crippen LogP contribution < -0.4 is 5.73 Å². The molecular weight excluding hydrogens is 204 g/mol. The van der Waals surface area contributed by atoms with E-state index in [1.807, 2.05) is 36.2 Å². The number of esters is 1. The van der Waals surface area contributed by atoms with Crippen LogP contribution in [0.5, 0.6) is 0 Å². The summed E-state index contributed by atoms with van der Waals surface area (Å²) in [6.45, 7) is 3.24. The maximum atomic E-state index is 11.2. The van der Waals surface area contributed by atoms with Crippen LogP contribution in [0.1, 0.15) is 12.5 Å². The first-order chi connectivity index (χ1) is 7.61. The molecule has 0 spiro atoms. The van der Waals surface area contributed by atoms with E-state index in [0.717, 1.165) is 11.3 Å². The Morgan fingerprint density at radius 1 is 1.38 bits per heavy atom. The highest BCUT2D eigenvalue weighted by atomic mass is 16.5. The van der Waals surface area contributed by atoms with E-state index in [1.54, 1.807) is 6.92 Å². The van der Waals surface area contributed by atoms with Gasteiger partial charge in [-0.2, -0.15) is 0 Å². The van der Waals surface area contributed by atoms with Crippen LogP contribution in [0, 0.1) is 0 Å². The lowest BCUT2D eigenvalue weighted by atomic mass is 10.2. The smallest absolute Gasteiger partial charge is 0.320 e. The molecule has 0 aliphatic carbocycles. The van der Waals surface area contributed by atoms with Gasteiger partial charge in [-0.05, 0) is 31.7 Å². The van der Waals surface area contributed by atoms with E-state index in [9.17, 15) is 4.79 Å². The van der Waals surface area contributed by atoms with E-state index in [1.165, 1.54) is 0 Å². The first-order valence-electron chi connectivity index (χ1n) is 5.30. The topological polar surface area (TPSA) is 55.6 Å². The van der Waals surface area contributed by atoms with Crippen molar-refractivity contribution in [1.82, 2.24) is 4.90 Å². The maximum Gasteiger partial charge on any atom is 0.320 e. The number of carbonyl (C=O) groups is 1. The highest BCUT2D eigenvalue weighted by Gasteiger charge is 2.07. The molecule has 1 aromatic rings. The number of hydrogen-bond donors (Lipinski definition) is 1. The SMILES string of the molecule is CCOC(=O)CN(C)Cc1ccc(N)cc1. The molecule has 0 aromatic heterocycles. The van der Waals surface area contributed by atoms with E-state index < -0.39 is 0 Å². The first kappa shape index (κ1) is 12.5. The number of nitrogen functional groups attached to an aromatic ring is 1. The van der Waals surface area contributed by atoms with Gasteiger partial charge in [-0.15, -0.1) is 0 Å².